The van der Waals surface area contributed by atoms with E-state index >= 15 is 0 Å². The maximum Gasteiger partial charge on any atom is 0.317 e. The van der Waals surface area contributed by atoms with Gasteiger partial charge >= 0.3 is 6.03 Å². The Balaban J connectivity index is 2.22. The normalized spacial score (nSPS) is 23.4. The molecule has 2 N–H and O–H groups in total. The SMILES string of the molecule is C[C@H]1CCN(C(=O)NCCNC(=O)C(C)(C)C)C[C@@H]1C. The van der Waals surface area contributed by atoms with Gasteiger partial charge < -0.3 is 15.5 Å². The van der Waals surface area contributed by atoms with E-state index in [9.17, 15) is 9.59 Å². The number of urea groups is 1. The topological polar surface area (TPSA) is 61.4 Å². The van der Waals surface area contributed by atoms with Gasteiger partial charge in [0.05, 0.1) is 0 Å². The van der Waals surface area contributed by atoms with E-state index in [1.54, 1.807) is 0 Å². The summed E-state index contributed by atoms with van der Waals surface area (Å²) < 4.78 is 0. The van der Waals surface area contributed by atoms with Crippen molar-refractivity contribution in [1.82, 2.24) is 15.5 Å². The number of likely N-dealkylation sites (tertiary alicyclic amines) is 1. The Morgan fingerprint density at radius 1 is 1.10 bits per heavy atom. The van der Waals surface area contributed by atoms with Crippen molar-refractivity contribution in [3.8, 4) is 0 Å². The monoisotopic (exact) mass is 283 g/mol. The molecule has 0 aromatic heterocycles. The average molecular weight is 283 g/mol. The lowest BCUT2D eigenvalue weighted by molar-refractivity contribution is -0.128. The molecule has 1 aliphatic heterocycles. The summed E-state index contributed by atoms with van der Waals surface area (Å²) in [5.74, 6) is 1.24. The molecule has 5 nitrogen and oxygen atoms in total. The zero-order chi connectivity index (χ0) is 15.3. The minimum atomic E-state index is -0.386. The van der Waals surface area contributed by atoms with Crippen LogP contribution in [0.5, 0.6) is 0 Å². The van der Waals surface area contributed by atoms with Crippen LogP contribution in [0.15, 0.2) is 0 Å². The first-order valence-corrected chi connectivity index (χ1v) is 7.53. The molecule has 1 rings (SSSR count). The molecule has 0 aliphatic carbocycles. The number of piperidine rings is 1. The highest BCUT2D eigenvalue weighted by Crippen LogP contribution is 2.22. The Morgan fingerprint density at radius 2 is 1.70 bits per heavy atom. The molecule has 1 aliphatic rings. The third-order valence-corrected chi connectivity index (χ3v) is 3.99. The molecule has 0 radical (unpaired) electrons. The fourth-order valence-electron chi connectivity index (χ4n) is 2.17. The predicted molar refractivity (Wildman–Crippen MR) is 80.4 cm³/mol. The molecule has 116 valence electrons. The molecule has 0 bridgehead atoms. The lowest BCUT2D eigenvalue weighted by Gasteiger charge is -2.35. The van der Waals surface area contributed by atoms with Crippen LogP contribution in [0.3, 0.4) is 0 Å². The number of hydrogen-bond donors (Lipinski definition) is 2. The standard InChI is InChI=1S/C15H29N3O2/c1-11-6-9-18(10-12(11)2)14(20)17-8-7-16-13(19)15(3,4)5/h11-12H,6-10H2,1-5H3,(H,16,19)(H,17,20)/t11-,12-/m0/s1. The van der Waals surface area contributed by atoms with Crippen LogP contribution in [0.25, 0.3) is 0 Å². The third-order valence-electron chi connectivity index (χ3n) is 3.99. The molecule has 5 heteroatoms. The molecule has 0 saturated carbocycles. The first-order chi connectivity index (χ1) is 9.21. The van der Waals surface area contributed by atoms with E-state index in [2.05, 4.69) is 24.5 Å². The summed E-state index contributed by atoms with van der Waals surface area (Å²) >= 11 is 0. The van der Waals surface area contributed by atoms with Crippen molar-refractivity contribution in [2.75, 3.05) is 26.2 Å². The van der Waals surface area contributed by atoms with Crippen LogP contribution in [0.2, 0.25) is 0 Å². The number of carbonyl (C=O) groups excluding carboxylic acids is 2. The Labute approximate surface area is 122 Å². The Morgan fingerprint density at radius 3 is 2.25 bits per heavy atom. The molecule has 2 atom stereocenters. The molecule has 1 heterocycles. The van der Waals surface area contributed by atoms with Crippen LogP contribution < -0.4 is 10.6 Å². The van der Waals surface area contributed by atoms with E-state index in [4.69, 9.17) is 0 Å². The zero-order valence-corrected chi connectivity index (χ0v) is 13.5. The molecule has 0 spiro atoms. The van der Waals surface area contributed by atoms with E-state index in [1.807, 2.05) is 25.7 Å². The summed E-state index contributed by atoms with van der Waals surface area (Å²) in [6, 6.07) is -0.0197. The van der Waals surface area contributed by atoms with Crippen LogP contribution in [-0.4, -0.2) is 43.0 Å². The van der Waals surface area contributed by atoms with Gasteiger partial charge in [-0.1, -0.05) is 34.6 Å². The first-order valence-electron chi connectivity index (χ1n) is 7.53. The highest BCUT2D eigenvalue weighted by molar-refractivity contribution is 5.81. The van der Waals surface area contributed by atoms with Gasteiger partial charge in [-0.25, -0.2) is 4.79 Å². The number of nitrogens with zero attached hydrogens (tertiary/aromatic N) is 1. The van der Waals surface area contributed by atoms with E-state index in [1.165, 1.54) is 0 Å². The van der Waals surface area contributed by atoms with Crippen molar-refractivity contribution in [2.45, 2.75) is 41.0 Å². The predicted octanol–water partition coefficient (Wildman–Crippen LogP) is 1.84. The minimum Gasteiger partial charge on any atom is -0.354 e. The molecule has 0 aromatic rings. The van der Waals surface area contributed by atoms with E-state index in [0.29, 0.717) is 24.9 Å². The fourth-order valence-corrected chi connectivity index (χ4v) is 2.17. The van der Waals surface area contributed by atoms with Gasteiger partial charge in [-0.2, -0.15) is 0 Å². The first kappa shape index (κ1) is 16.8. The van der Waals surface area contributed by atoms with E-state index < -0.39 is 0 Å². The molecule has 1 saturated heterocycles. The largest absolute Gasteiger partial charge is 0.354 e. The van der Waals surface area contributed by atoms with Crippen LogP contribution in [0.1, 0.15) is 41.0 Å². The summed E-state index contributed by atoms with van der Waals surface area (Å²) in [4.78, 5) is 25.5. The van der Waals surface area contributed by atoms with Gasteiger partial charge in [0.2, 0.25) is 5.91 Å². The molecular formula is C15H29N3O2. The highest BCUT2D eigenvalue weighted by atomic mass is 16.2. The van der Waals surface area contributed by atoms with Crippen molar-refractivity contribution in [1.29, 1.82) is 0 Å². The van der Waals surface area contributed by atoms with Crippen molar-refractivity contribution < 1.29 is 9.59 Å². The number of nitrogens with one attached hydrogen (secondary N) is 2. The second kappa shape index (κ2) is 6.95. The van der Waals surface area contributed by atoms with Crippen LogP contribution in [0, 0.1) is 17.3 Å². The van der Waals surface area contributed by atoms with E-state index in [0.717, 1.165) is 19.5 Å². The summed E-state index contributed by atoms with van der Waals surface area (Å²) in [6.07, 6.45) is 1.06. The summed E-state index contributed by atoms with van der Waals surface area (Å²) in [6.45, 7) is 12.6. The smallest absolute Gasteiger partial charge is 0.317 e. The Kier molecular flexibility index (Phi) is 5.84. The highest BCUT2D eigenvalue weighted by Gasteiger charge is 2.25. The van der Waals surface area contributed by atoms with Gasteiger partial charge in [0.25, 0.3) is 0 Å². The number of rotatable bonds is 3. The maximum absolute atomic E-state index is 12.0. The molecular weight excluding hydrogens is 254 g/mol. The van der Waals surface area contributed by atoms with Gasteiger partial charge in [-0.05, 0) is 18.3 Å². The van der Waals surface area contributed by atoms with Crippen molar-refractivity contribution >= 4 is 11.9 Å². The average Bonchev–Trinajstić information content (AvgIpc) is 2.36. The fraction of sp³-hybridized carbons (Fsp3) is 0.867. The third kappa shape index (κ3) is 5.02. The van der Waals surface area contributed by atoms with Gasteiger partial charge in [-0.15, -0.1) is 0 Å². The zero-order valence-electron chi connectivity index (χ0n) is 13.5. The van der Waals surface area contributed by atoms with Crippen molar-refractivity contribution in [3.05, 3.63) is 0 Å². The Hall–Kier alpha value is -1.26. The van der Waals surface area contributed by atoms with Gasteiger partial charge in [-0.3, -0.25) is 4.79 Å². The van der Waals surface area contributed by atoms with Crippen molar-refractivity contribution in [2.24, 2.45) is 17.3 Å². The molecule has 0 aromatic carbocycles. The van der Waals surface area contributed by atoms with Crippen LogP contribution in [0.4, 0.5) is 4.79 Å². The summed E-state index contributed by atoms with van der Waals surface area (Å²) in [5.41, 5.74) is -0.386. The maximum atomic E-state index is 12.0. The minimum absolute atomic E-state index is 0.00664. The second-order valence-electron chi connectivity index (χ2n) is 6.93. The van der Waals surface area contributed by atoms with Crippen LogP contribution in [-0.2, 0) is 4.79 Å². The Bertz CT molecular complexity index is 350. The molecule has 20 heavy (non-hydrogen) atoms. The molecule has 3 amide bonds. The van der Waals surface area contributed by atoms with Crippen LogP contribution >= 0.6 is 0 Å². The van der Waals surface area contributed by atoms with Gasteiger partial charge in [0.1, 0.15) is 0 Å². The van der Waals surface area contributed by atoms with Crippen molar-refractivity contribution in [3.63, 3.8) is 0 Å². The molecule has 1 fully saturated rings. The summed E-state index contributed by atoms with van der Waals surface area (Å²) in [7, 11) is 0. The number of carbonyl (C=O) groups is 2. The lowest BCUT2D eigenvalue weighted by atomic mass is 9.89. The lowest BCUT2D eigenvalue weighted by Crippen LogP contribution is -2.48. The van der Waals surface area contributed by atoms with E-state index in [-0.39, 0.29) is 17.4 Å². The quantitative estimate of drug-likeness (QED) is 0.776. The van der Waals surface area contributed by atoms with Gasteiger partial charge in [0, 0.05) is 31.6 Å². The van der Waals surface area contributed by atoms with Gasteiger partial charge in [0.15, 0.2) is 0 Å². The number of hydrogen-bond acceptors (Lipinski definition) is 2. The number of amides is 3. The summed E-state index contributed by atoms with van der Waals surface area (Å²) in [5, 5.41) is 5.69. The molecule has 0 unspecified atom stereocenters. The second-order valence-corrected chi connectivity index (χ2v) is 6.93.